The molecule has 0 aromatic heterocycles. The van der Waals surface area contributed by atoms with Crippen LogP contribution in [0.25, 0.3) is 0 Å². The van der Waals surface area contributed by atoms with Crippen LogP contribution in [-0.2, 0) is 0 Å². The van der Waals surface area contributed by atoms with E-state index in [0.29, 0.717) is 11.3 Å². The summed E-state index contributed by atoms with van der Waals surface area (Å²) in [6.07, 6.45) is 1.32. The topological polar surface area (TPSA) is 98.4 Å². The van der Waals surface area contributed by atoms with Crippen LogP contribution < -0.4 is 34.9 Å². The molecule has 0 atom stereocenters. The summed E-state index contributed by atoms with van der Waals surface area (Å²) in [5.74, 6) is 4.28. The number of ether oxygens (including phenoxy) is 4. The number of phenolic OH excluding ortho intramolecular Hbond substituents is 1. The molecular weight excluding hydrogens is 1550 g/mol. The van der Waals surface area contributed by atoms with Gasteiger partial charge in [0.25, 0.3) is 0 Å². The van der Waals surface area contributed by atoms with Gasteiger partial charge in [-0.3, -0.25) is 0 Å². The zero-order valence-corrected chi connectivity index (χ0v) is 80.6. The first-order chi connectivity index (χ1) is 55.9. The van der Waals surface area contributed by atoms with Crippen LogP contribution in [0, 0.1) is 172 Å². The fraction of sp³-hybridized carbons (Fsp3) is 0.333. The molecule has 11 heteroatoms. The zero-order chi connectivity index (χ0) is 90.2. The van der Waals surface area contributed by atoms with Crippen LogP contribution in [0.2, 0.25) is 5.02 Å². The number of nitrogens with zero attached hydrogens (tertiary/aromatic N) is 1. The highest BCUT2D eigenvalue weighted by molar-refractivity contribution is 9.10. The second-order valence-electron chi connectivity index (χ2n) is 31.0. The van der Waals surface area contributed by atoms with E-state index in [2.05, 4.69) is 309 Å². The molecule has 0 bridgehead atoms. The number of anilines is 3. The molecule has 4 N–H and O–H groups in total. The fourth-order valence-electron chi connectivity index (χ4n) is 10.5. The lowest BCUT2D eigenvalue weighted by Gasteiger charge is -2.15. The van der Waals surface area contributed by atoms with E-state index < -0.39 is 0 Å². The van der Waals surface area contributed by atoms with E-state index >= 15 is 0 Å². The first kappa shape index (κ1) is 107. The molecule has 0 saturated heterocycles. The van der Waals surface area contributed by atoms with Gasteiger partial charge in [0, 0.05) is 47.7 Å². The number of hydrogen-bond acceptors (Lipinski definition) is 8. The summed E-state index contributed by atoms with van der Waals surface area (Å²) in [7, 11) is 7.78. The maximum absolute atomic E-state index is 12.6. The van der Waals surface area contributed by atoms with E-state index in [4.69, 9.17) is 41.4 Å². The Kier molecular flexibility index (Phi) is 51.8. The molecule has 0 saturated carbocycles. The third-order valence-electron chi connectivity index (χ3n) is 18.2. The van der Waals surface area contributed by atoms with Gasteiger partial charge in [-0.05, 0) is 382 Å². The summed E-state index contributed by atoms with van der Waals surface area (Å²) >= 11 is 9.26. The third kappa shape index (κ3) is 46.0. The predicted molar refractivity (Wildman–Crippen MR) is 523 cm³/mol. The summed E-state index contributed by atoms with van der Waals surface area (Å²) in [4.78, 5) is 2.14. The minimum atomic E-state index is -0.116. The number of benzene rings is 12. The monoisotopic (exact) mass is 1700 g/mol. The van der Waals surface area contributed by atoms with Crippen LogP contribution in [0.3, 0.4) is 0 Å². The third-order valence-corrected chi connectivity index (χ3v) is 19.5. The van der Waals surface area contributed by atoms with E-state index in [1.165, 1.54) is 122 Å². The molecule has 0 aliphatic rings. The number of aromatic hydroxyl groups is 1. The van der Waals surface area contributed by atoms with Crippen molar-refractivity contribution in [2.45, 2.75) is 206 Å². The zero-order valence-electron chi connectivity index (χ0n) is 78.3. The van der Waals surface area contributed by atoms with Crippen molar-refractivity contribution in [2.75, 3.05) is 57.4 Å². The number of halogens is 3. The lowest BCUT2D eigenvalue weighted by Crippen LogP contribution is -2.10. The van der Waals surface area contributed by atoms with Gasteiger partial charge in [-0.15, -0.1) is 0 Å². The smallest absolute Gasteiger partial charge is 0.126 e. The number of phenols is 1. The molecular formula is C108H144BrClFN3O5. The number of aryl methyl sites for hydroxylation is 24. The van der Waals surface area contributed by atoms with Crippen molar-refractivity contribution < 1.29 is 28.4 Å². The highest BCUT2D eigenvalue weighted by Crippen LogP contribution is 2.25. The van der Waals surface area contributed by atoms with Crippen molar-refractivity contribution in [2.24, 2.45) is 0 Å². The first-order valence-corrected chi connectivity index (χ1v) is 42.2. The quantitative estimate of drug-likeness (QED) is 0.117. The minimum absolute atomic E-state index is 0.116. The summed E-state index contributed by atoms with van der Waals surface area (Å²) in [6, 6.07) is 75.7. The highest BCUT2D eigenvalue weighted by Gasteiger charge is 2.05. The van der Waals surface area contributed by atoms with Crippen LogP contribution in [0.5, 0.6) is 28.7 Å². The van der Waals surface area contributed by atoms with Gasteiger partial charge in [-0.1, -0.05) is 203 Å². The molecule has 642 valence electrons. The maximum atomic E-state index is 12.6. The summed E-state index contributed by atoms with van der Waals surface area (Å²) < 4.78 is 35.5. The Balaban J connectivity index is 0.000000650. The molecule has 8 nitrogen and oxygen atoms in total. The number of nitrogen functional groups attached to an aromatic ring is 1. The molecule has 12 rings (SSSR count). The molecule has 12 aromatic carbocycles. The predicted octanol–water partition coefficient (Wildman–Crippen LogP) is 30.6. The van der Waals surface area contributed by atoms with Crippen LogP contribution in [-0.4, -0.2) is 52.7 Å². The molecule has 0 amide bonds. The molecule has 0 fully saturated rings. The molecule has 0 heterocycles. The second-order valence-corrected chi connectivity index (χ2v) is 32.3. The lowest BCUT2D eigenvalue weighted by molar-refractivity contribution is 0.240. The summed E-state index contributed by atoms with van der Waals surface area (Å²) in [5.41, 5.74) is 37.8. The molecule has 0 aliphatic carbocycles. The Hall–Kier alpha value is -10.3. The van der Waals surface area contributed by atoms with Crippen LogP contribution in [0.15, 0.2) is 229 Å². The van der Waals surface area contributed by atoms with Gasteiger partial charge in [0.2, 0.25) is 0 Å². The maximum Gasteiger partial charge on any atom is 0.126 e. The van der Waals surface area contributed by atoms with Gasteiger partial charge < -0.3 is 40.0 Å². The number of nitrogens with one attached hydrogen (secondary N) is 1. The Morgan fingerprint density at radius 3 is 1.06 bits per heavy atom. The standard InChI is InChI=1S/2C11H16O.C10H15N.C10H14O.C9H13N.C9H12O.C8H9Br.C8H9Cl.C8H9F.C8H11N.C8H10O.C8H10/c1-8(2)12-11-7-9(3)5-6-10(11)4;1-4-7-12-11-8-9(2)5-6-10(11)3;1-8-5-6-9(2)10(7-8)11(3)4;1-4-11-10-7-8(2)5-6-9(10)3;2*1-7-4-5-8(2)9(6-7)10-3;5*1-6-3-4-7(2)8(9)5-6;1-7-3-5-8(2)6-4-7/h5-8H,1-4H3;5-6,8H,4,7H2,1-3H3;5-7H,1-4H3;5-7H,4H2,1-3H3;4-6,10H,1-3H3;4-6H,1-3H3;3*3-5H,1-2H3;3-5H,9H2,1-2H3;3-5,9H,1-2H3;3-6H,1-2H3. The summed E-state index contributed by atoms with van der Waals surface area (Å²) in [5, 5.41) is 13.1. The average molecular weight is 1700 g/mol. The van der Waals surface area contributed by atoms with Crippen LogP contribution in [0.4, 0.5) is 21.5 Å². The second kappa shape index (κ2) is 57.8. The number of hydrogen-bond donors (Lipinski definition) is 3. The largest absolute Gasteiger partial charge is 0.508 e. The summed E-state index contributed by atoms with van der Waals surface area (Å²) in [6.45, 7) is 58.7. The molecule has 0 unspecified atom stereocenters. The van der Waals surface area contributed by atoms with Gasteiger partial charge >= 0.3 is 0 Å². The van der Waals surface area contributed by atoms with Gasteiger partial charge in [-0.2, -0.15) is 0 Å². The van der Waals surface area contributed by atoms with Crippen LogP contribution >= 0.6 is 27.5 Å². The Morgan fingerprint density at radius 1 is 0.378 bits per heavy atom. The normalized spacial score (nSPS) is 9.71. The van der Waals surface area contributed by atoms with Crippen molar-refractivity contribution >= 4 is 44.6 Å². The van der Waals surface area contributed by atoms with Crippen molar-refractivity contribution in [3.05, 3.63) is 373 Å². The van der Waals surface area contributed by atoms with E-state index in [0.717, 1.165) is 81.2 Å². The van der Waals surface area contributed by atoms with Gasteiger partial charge in [0.1, 0.15) is 34.6 Å². The van der Waals surface area contributed by atoms with E-state index in [1.807, 2.05) is 132 Å². The molecule has 0 aliphatic heterocycles. The van der Waals surface area contributed by atoms with Crippen LogP contribution in [0.1, 0.15) is 168 Å². The fourth-order valence-corrected chi connectivity index (χ4v) is 11.3. The molecule has 119 heavy (non-hydrogen) atoms. The average Bonchev–Trinajstić information content (AvgIpc) is 0.827. The van der Waals surface area contributed by atoms with Crippen molar-refractivity contribution in [1.82, 2.24) is 0 Å². The number of rotatable bonds is 10. The molecule has 0 spiro atoms. The van der Waals surface area contributed by atoms with Gasteiger partial charge in [-0.25, -0.2) is 4.39 Å². The van der Waals surface area contributed by atoms with E-state index in [-0.39, 0.29) is 11.9 Å². The molecule has 0 radical (unpaired) electrons. The first-order valence-electron chi connectivity index (χ1n) is 41.0. The Labute approximate surface area is 733 Å². The minimum Gasteiger partial charge on any atom is -0.508 e. The number of methoxy groups -OCH3 is 1. The number of nitrogens with two attached hydrogens (primary N) is 1. The Morgan fingerprint density at radius 2 is 0.714 bits per heavy atom. The lowest BCUT2D eigenvalue weighted by atomic mass is 10.1. The Bertz CT molecular complexity index is 4570. The van der Waals surface area contributed by atoms with Crippen molar-refractivity contribution in [3.63, 3.8) is 0 Å². The van der Waals surface area contributed by atoms with Gasteiger partial charge in [0.15, 0.2) is 0 Å². The van der Waals surface area contributed by atoms with E-state index in [1.54, 1.807) is 26.2 Å². The van der Waals surface area contributed by atoms with Crippen molar-refractivity contribution in [3.8, 4) is 28.7 Å². The SMILES string of the molecule is CCCOc1cc(C)ccc1C.CCOc1cc(C)ccc1C.CNc1cc(C)ccc1C.COc1cc(C)ccc1C.Cc1ccc(C)c(Br)c1.Cc1ccc(C)c(Cl)c1.Cc1ccc(C)c(F)c1.Cc1ccc(C)c(N(C)C)c1.Cc1ccc(C)c(N)c1.Cc1ccc(C)c(O)c1.Cc1ccc(C)c(OC(C)C)c1.Cc1ccc(C)cc1. The van der Waals surface area contributed by atoms with E-state index in [9.17, 15) is 4.39 Å². The molecule has 12 aromatic rings. The van der Waals surface area contributed by atoms with Crippen molar-refractivity contribution in [1.29, 1.82) is 0 Å². The highest BCUT2D eigenvalue weighted by atomic mass is 79.9. The van der Waals surface area contributed by atoms with Gasteiger partial charge in [0.05, 0.1) is 26.4 Å².